The van der Waals surface area contributed by atoms with Crippen molar-refractivity contribution in [2.75, 3.05) is 11.9 Å². The lowest BCUT2D eigenvalue weighted by atomic mass is 9.99. The van der Waals surface area contributed by atoms with E-state index in [1.807, 2.05) is 0 Å². The smallest absolute Gasteiger partial charge is 0.416 e. The third kappa shape index (κ3) is 4.62. The van der Waals surface area contributed by atoms with Crippen LogP contribution < -0.4 is 9.64 Å². The van der Waals surface area contributed by atoms with Crippen LogP contribution in [0.1, 0.15) is 102 Å². The Morgan fingerprint density at radius 1 is 0.800 bits per heavy atom. The number of benzene rings is 1. The van der Waals surface area contributed by atoms with Crippen LogP contribution in [0.4, 0.5) is 18.9 Å². The van der Waals surface area contributed by atoms with Gasteiger partial charge in [0.2, 0.25) is 0 Å². The molecule has 194 valence electrons. The van der Waals surface area contributed by atoms with Gasteiger partial charge in [-0.15, -0.1) is 0 Å². The maximum atomic E-state index is 14.2. The number of amides is 1. The highest BCUT2D eigenvalue weighted by Crippen LogP contribution is 2.80. The highest BCUT2D eigenvalue weighted by molar-refractivity contribution is 7.79. The Balaban J connectivity index is 1.64. The average molecular weight is 511 g/mol. The number of hydrogen-bond acceptors (Lipinski definition) is 2. The van der Waals surface area contributed by atoms with Gasteiger partial charge in [0, 0.05) is 7.05 Å². The Morgan fingerprint density at radius 3 is 1.69 bits per heavy atom. The molecule has 35 heavy (non-hydrogen) atoms. The van der Waals surface area contributed by atoms with E-state index >= 15 is 0 Å². The molecule has 1 aliphatic heterocycles. The number of ether oxygens (including phenoxy) is 1. The number of hydrogen-bond donors (Lipinski definition) is 0. The molecule has 0 aromatic heterocycles. The SMILES string of the molecule is CN1C(=O)C([P+](C2CCCCC2)(C2CCCCC2)C2CCCCC2)Oc2cc(C(F)(F)F)ccc21. The van der Waals surface area contributed by atoms with Crippen molar-refractivity contribution >= 4 is 18.9 Å². The van der Waals surface area contributed by atoms with E-state index in [1.54, 1.807) is 11.9 Å². The first-order valence-electron chi connectivity index (χ1n) is 13.9. The average Bonchev–Trinajstić information content (AvgIpc) is 2.88. The molecular weight excluding hydrogens is 470 g/mol. The van der Waals surface area contributed by atoms with Gasteiger partial charge >= 0.3 is 12.1 Å². The molecule has 0 spiro atoms. The number of fused-ring (bicyclic) bond motifs is 1. The highest BCUT2D eigenvalue weighted by atomic mass is 31.2. The highest BCUT2D eigenvalue weighted by Gasteiger charge is 2.66. The molecule has 5 rings (SSSR count). The van der Waals surface area contributed by atoms with Crippen molar-refractivity contribution in [2.45, 2.75) is 125 Å². The van der Waals surface area contributed by atoms with Crippen molar-refractivity contribution < 1.29 is 22.7 Å². The number of carbonyl (C=O) groups is 1. The Kier molecular flexibility index (Phi) is 7.41. The summed E-state index contributed by atoms with van der Waals surface area (Å²) in [5.41, 5.74) is 1.30. The summed E-state index contributed by atoms with van der Waals surface area (Å²) in [5.74, 6) is -0.344. The Morgan fingerprint density at radius 2 is 1.26 bits per heavy atom. The second kappa shape index (κ2) is 10.2. The van der Waals surface area contributed by atoms with E-state index in [4.69, 9.17) is 4.74 Å². The van der Waals surface area contributed by atoms with Crippen molar-refractivity contribution in [1.29, 1.82) is 0 Å². The van der Waals surface area contributed by atoms with E-state index < -0.39 is 24.8 Å². The fraction of sp³-hybridized carbons (Fsp3) is 0.750. The normalized spacial score (nSPS) is 25.9. The molecule has 1 heterocycles. The summed E-state index contributed by atoms with van der Waals surface area (Å²) in [6.07, 6.45) is 13.5. The second-order valence-corrected chi connectivity index (χ2v) is 15.8. The quantitative estimate of drug-likeness (QED) is 0.381. The van der Waals surface area contributed by atoms with Crippen LogP contribution in [0.3, 0.4) is 0 Å². The molecular formula is C28H40F3NO2P+. The van der Waals surface area contributed by atoms with Crippen LogP contribution in [-0.2, 0) is 11.0 Å². The van der Waals surface area contributed by atoms with Gasteiger partial charge in [-0.1, -0.05) is 19.3 Å². The fourth-order valence-electron chi connectivity index (χ4n) is 7.85. The summed E-state index contributed by atoms with van der Waals surface area (Å²) in [5, 5.41) is 0. The molecule has 0 saturated heterocycles. The number of halogens is 3. The first kappa shape index (κ1) is 25.4. The van der Waals surface area contributed by atoms with Crippen LogP contribution in [0.25, 0.3) is 0 Å². The summed E-state index contributed by atoms with van der Waals surface area (Å²) < 4.78 is 47.5. The predicted molar refractivity (Wildman–Crippen MR) is 137 cm³/mol. The third-order valence-electron chi connectivity index (χ3n) is 9.46. The zero-order valence-electron chi connectivity index (χ0n) is 21.0. The van der Waals surface area contributed by atoms with Gasteiger partial charge in [0.15, 0.2) is 0 Å². The summed E-state index contributed by atoms with van der Waals surface area (Å²) in [7, 11) is -0.260. The van der Waals surface area contributed by atoms with Crippen molar-refractivity contribution in [2.24, 2.45) is 0 Å². The summed E-state index contributed by atoms with van der Waals surface area (Å²) >= 11 is 0. The summed E-state index contributed by atoms with van der Waals surface area (Å²) in [6, 6.07) is 3.62. The van der Waals surface area contributed by atoms with E-state index in [2.05, 4.69) is 0 Å². The largest absolute Gasteiger partial charge is 0.446 e. The lowest BCUT2D eigenvalue weighted by Gasteiger charge is -2.52. The van der Waals surface area contributed by atoms with Crippen LogP contribution in [0.5, 0.6) is 5.75 Å². The van der Waals surface area contributed by atoms with Gasteiger partial charge in [0.05, 0.1) is 35.5 Å². The minimum atomic E-state index is -4.43. The first-order valence-corrected chi connectivity index (χ1v) is 15.9. The van der Waals surface area contributed by atoms with Crippen LogP contribution in [-0.4, -0.2) is 35.8 Å². The molecule has 1 unspecified atom stereocenters. The molecule has 3 saturated carbocycles. The zero-order valence-corrected chi connectivity index (χ0v) is 21.9. The van der Waals surface area contributed by atoms with E-state index in [9.17, 15) is 18.0 Å². The van der Waals surface area contributed by atoms with Crippen molar-refractivity contribution in [3.05, 3.63) is 23.8 Å². The molecule has 1 atom stereocenters. The molecule has 3 nitrogen and oxygen atoms in total. The Hall–Kier alpha value is -1.29. The molecule has 0 bridgehead atoms. The molecule has 0 N–H and O–H groups in total. The lowest BCUT2D eigenvalue weighted by Crippen LogP contribution is -2.52. The van der Waals surface area contributed by atoms with Gasteiger partial charge in [-0.3, -0.25) is 4.79 Å². The van der Waals surface area contributed by atoms with Gasteiger partial charge in [0.25, 0.3) is 5.85 Å². The predicted octanol–water partition coefficient (Wildman–Crippen LogP) is 8.40. The topological polar surface area (TPSA) is 29.5 Å². The van der Waals surface area contributed by atoms with Crippen LogP contribution in [0.15, 0.2) is 18.2 Å². The molecule has 4 aliphatic rings. The molecule has 1 amide bonds. The third-order valence-corrected chi connectivity index (χ3v) is 15.9. The van der Waals surface area contributed by atoms with Crippen LogP contribution in [0, 0.1) is 0 Å². The summed E-state index contributed by atoms with van der Waals surface area (Å²) in [6.45, 7) is 0. The Labute approximate surface area is 208 Å². The number of nitrogens with zero attached hydrogens (tertiary/aromatic N) is 1. The first-order chi connectivity index (χ1) is 16.8. The van der Waals surface area contributed by atoms with Gasteiger partial charge in [-0.2, -0.15) is 13.2 Å². The van der Waals surface area contributed by atoms with E-state index in [0.717, 1.165) is 50.7 Å². The van der Waals surface area contributed by atoms with Crippen molar-refractivity contribution in [3.8, 4) is 5.75 Å². The maximum Gasteiger partial charge on any atom is 0.416 e. The molecule has 3 aliphatic carbocycles. The molecule has 1 aromatic rings. The van der Waals surface area contributed by atoms with Gasteiger partial charge in [-0.25, -0.2) is 0 Å². The molecule has 3 fully saturated rings. The number of alkyl halides is 3. The van der Waals surface area contributed by atoms with Crippen molar-refractivity contribution in [3.63, 3.8) is 0 Å². The van der Waals surface area contributed by atoms with Gasteiger partial charge in [0.1, 0.15) is 5.75 Å². The minimum Gasteiger partial charge on any atom is -0.446 e. The van der Waals surface area contributed by atoms with E-state index in [0.29, 0.717) is 22.7 Å². The standard InChI is InChI=1S/C28H40F3NO2P/c1-32-24-18-17-20(28(29,30)31)19-25(24)34-27(26(32)33)35(21-11-5-2-6-12-21,22-13-7-3-8-14-22)23-15-9-4-10-16-23/h17-19,21-23,27H,2-16H2,1H3/q+1. The maximum absolute atomic E-state index is 14.2. The van der Waals surface area contributed by atoms with Crippen molar-refractivity contribution in [1.82, 2.24) is 0 Å². The van der Waals surface area contributed by atoms with E-state index in [1.165, 1.54) is 63.9 Å². The molecule has 1 aromatic carbocycles. The minimum absolute atomic E-state index is 0.00712. The van der Waals surface area contributed by atoms with E-state index in [-0.39, 0.29) is 11.7 Å². The number of carbonyl (C=O) groups excluding carboxylic acids is 1. The Bertz CT molecular complexity index is 856. The monoisotopic (exact) mass is 510 g/mol. The number of anilines is 1. The molecule has 7 heteroatoms. The van der Waals surface area contributed by atoms with Gasteiger partial charge in [-0.05, 0) is 95.2 Å². The number of rotatable bonds is 4. The summed E-state index contributed by atoms with van der Waals surface area (Å²) in [4.78, 5) is 15.8. The van der Waals surface area contributed by atoms with Gasteiger partial charge < -0.3 is 9.64 Å². The molecule has 0 radical (unpaired) electrons. The van der Waals surface area contributed by atoms with Crippen LogP contribution >= 0.6 is 7.26 Å². The lowest BCUT2D eigenvalue weighted by molar-refractivity contribution is -0.137. The fourth-order valence-corrected chi connectivity index (χ4v) is 15.4. The zero-order chi connectivity index (χ0) is 24.6. The van der Waals surface area contributed by atoms with Crippen LogP contribution in [0.2, 0.25) is 0 Å². The second-order valence-electron chi connectivity index (χ2n) is 11.3. The number of likely N-dealkylation sites (N-methyl/N-ethyl adjacent to an activating group) is 1.